The predicted octanol–water partition coefficient (Wildman–Crippen LogP) is 4.20. The second-order valence-corrected chi connectivity index (χ2v) is 7.80. The van der Waals surface area contributed by atoms with Crippen LogP contribution in [0.25, 0.3) is 11.3 Å². The van der Waals surface area contributed by atoms with Gasteiger partial charge in [-0.1, -0.05) is 24.3 Å². The van der Waals surface area contributed by atoms with E-state index in [9.17, 15) is 14.0 Å². The van der Waals surface area contributed by atoms with Gasteiger partial charge in [-0.25, -0.2) is 9.37 Å². The maximum Gasteiger partial charge on any atom is 0.254 e. The molecule has 0 radical (unpaired) electrons. The Hall–Kier alpha value is -3.06. The average molecular weight is 409 g/mol. The molecule has 0 bridgehead atoms. The third kappa shape index (κ3) is 4.51. The van der Waals surface area contributed by atoms with Crippen molar-refractivity contribution < 1.29 is 14.0 Å². The van der Waals surface area contributed by atoms with Crippen LogP contribution in [-0.4, -0.2) is 23.3 Å². The lowest BCUT2D eigenvalue weighted by Crippen LogP contribution is -2.33. The molecule has 0 unspecified atom stereocenters. The first-order chi connectivity index (χ1) is 14.1. The summed E-state index contributed by atoms with van der Waals surface area (Å²) in [6, 6.07) is 12.1. The number of hydrogen-bond donors (Lipinski definition) is 2. The molecule has 0 fully saturated rings. The van der Waals surface area contributed by atoms with Crippen molar-refractivity contribution >= 4 is 28.3 Å². The molecule has 29 heavy (non-hydrogen) atoms. The second kappa shape index (κ2) is 8.53. The number of nitrogens with zero attached hydrogens (tertiary/aromatic N) is 1. The number of fused-ring (bicyclic) bond motifs is 1. The number of carbonyl (C=O) groups excluding carboxylic acids is 2. The molecule has 1 heterocycles. The molecule has 1 aromatic heterocycles. The molecule has 0 atom stereocenters. The van der Waals surface area contributed by atoms with E-state index in [1.807, 2.05) is 5.38 Å². The van der Waals surface area contributed by atoms with Crippen LogP contribution >= 0.6 is 11.3 Å². The molecule has 0 saturated heterocycles. The first-order valence-corrected chi connectivity index (χ1v) is 10.4. The van der Waals surface area contributed by atoms with E-state index in [2.05, 4.69) is 33.8 Å². The summed E-state index contributed by atoms with van der Waals surface area (Å²) < 4.78 is 13.6. The van der Waals surface area contributed by atoms with Gasteiger partial charge in [0.2, 0.25) is 5.91 Å². The van der Waals surface area contributed by atoms with Crippen molar-refractivity contribution in [2.24, 2.45) is 0 Å². The van der Waals surface area contributed by atoms with E-state index in [1.165, 1.54) is 53.5 Å². The van der Waals surface area contributed by atoms with E-state index in [-0.39, 0.29) is 12.1 Å². The van der Waals surface area contributed by atoms with E-state index >= 15 is 0 Å². The predicted molar refractivity (Wildman–Crippen MR) is 112 cm³/mol. The first kappa shape index (κ1) is 19.3. The van der Waals surface area contributed by atoms with Gasteiger partial charge in [0.15, 0.2) is 5.13 Å². The maximum absolute atomic E-state index is 13.6. The van der Waals surface area contributed by atoms with Crippen LogP contribution in [0.1, 0.15) is 34.3 Å². The Morgan fingerprint density at radius 1 is 1.07 bits per heavy atom. The molecule has 1 aliphatic carbocycles. The fourth-order valence-corrected chi connectivity index (χ4v) is 4.16. The topological polar surface area (TPSA) is 71.1 Å². The van der Waals surface area contributed by atoms with Crippen LogP contribution in [0.5, 0.6) is 0 Å². The molecule has 0 aliphatic heterocycles. The zero-order valence-corrected chi connectivity index (χ0v) is 16.5. The summed E-state index contributed by atoms with van der Waals surface area (Å²) in [6.45, 7) is -0.263. The van der Waals surface area contributed by atoms with Crippen molar-refractivity contribution in [1.29, 1.82) is 0 Å². The quantitative estimate of drug-likeness (QED) is 0.664. The standard InChI is InChI=1S/C22H20FN3O2S/c23-18-8-4-3-7-17(18)21(28)24-12-20(27)26-22-25-19(13-29-22)16-10-9-14-5-1-2-6-15(14)11-16/h3-4,7-11,13H,1-2,5-6,12H2,(H,24,28)(H,25,26,27). The van der Waals surface area contributed by atoms with Crippen LogP contribution < -0.4 is 10.6 Å². The van der Waals surface area contributed by atoms with Crippen molar-refractivity contribution in [2.45, 2.75) is 25.7 Å². The third-order valence-corrected chi connectivity index (χ3v) is 5.68. The molecule has 0 saturated carbocycles. The van der Waals surface area contributed by atoms with Gasteiger partial charge in [0.05, 0.1) is 17.8 Å². The van der Waals surface area contributed by atoms with Gasteiger partial charge in [-0.05, 0) is 55.0 Å². The number of thiazole rings is 1. The molecule has 0 spiro atoms. The number of hydrogen-bond acceptors (Lipinski definition) is 4. The van der Waals surface area contributed by atoms with Gasteiger partial charge in [-0.2, -0.15) is 0 Å². The fraction of sp³-hybridized carbons (Fsp3) is 0.227. The largest absolute Gasteiger partial charge is 0.343 e. The van der Waals surface area contributed by atoms with Gasteiger partial charge in [-0.15, -0.1) is 11.3 Å². The van der Waals surface area contributed by atoms with Crippen LogP contribution in [0.2, 0.25) is 0 Å². The highest BCUT2D eigenvalue weighted by Gasteiger charge is 2.14. The molecule has 2 amide bonds. The minimum absolute atomic E-state index is 0.0933. The fourth-order valence-electron chi connectivity index (χ4n) is 3.42. The molecule has 4 rings (SSSR count). The highest BCUT2D eigenvalue weighted by Crippen LogP contribution is 2.29. The SMILES string of the molecule is O=C(CNC(=O)c1ccccc1F)Nc1nc(-c2ccc3c(c2)CCCC3)cs1. The van der Waals surface area contributed by atoms with E-state index in [4.69, 9.17) is 0 Å². The monoisotopic (exact) mass is 409 g/mol. The summed E-state index contributed by atoms with van der Waals surface area (Å²) in [4.78, 5) is 28.6. The lowest BCUT2D eigenvalue weighted by atomic mass is 9.90. The molecule has 148 valence electrons. The number of benzene rings is 2. The highest BCUT2D eigenvalue weighted by molar-refractivity contribution is 7.14. The van der Waals surface area contributed by atoms with Crippen LogP contribution in [0, 0.1) is 5.82 Å². The Labute approximate surface area is 172 Å². The summed E-state index contributed by atoms with van der Waals surface area (Å²) in [5, 5.41) is 7.46. The van der Waals surface area contributed by atoms with Crippen LogP contribution in [0.15, 0.2) is 47.8 Å². The van der Waals surface area contributed by atoms with Crippen LogP contribution in [0.4, 0.5) is 9.52 Å². The number of carbonyl (C=O) groups is 2. The van der Waals surface area contributed by atoms with E-state index in [0.29, 0.717) is 5.13 Å². The van der Waals surface area contributed by atoms with E-state index in [0.717, 1.165) is 24.1 Å². The Morgan fingerprint density at radius 3 is 2.69 bits per heavy atom. The summed E-state index contributed by atoms with van der Waals surface area (Å²) >= 11 is 1.33. The van der Waals surface area contributed by atoms with Gasteiger partial charge >= 0.3 is 0 Å². The van der Waals surface area contributed by atoms with Gasteiger partial charge < -0.3 is 10.6 Å². The molecule has 2 N–H and O–H groups in total. The van der Waals surface area contributed by atoms with Crippen LogP contribution in [0.3, 0.4) is 0 Å². The Balaban J connectivity index is 1.36. The number of nitrogens with one attached hydrogen (secondary N) is 2. The molecular weight excluding hydrogens is 389 g/mol. The number of anilines is 1. The lowest BCUT2D eigenvalue weighted by molar-refractivity contribution is -0.115. The van der Waals surface area contributed by atoms with Crippen molar-refractivity contribution in [3.05, 3.63) is 70.4 Å². The van der Waals surface area contributed by atoms with Crippen molar-refractivity contribution in [1.82, 2.24) is 10.3 Å². The van der Waals surface area contributed by atoms with Crippen molar-refractivity contribution in [2.75, 3.05) is 11.9 Å². The zero-order chi connectivity index (χ0) is 20.2. The second-order valence-electron chi connectivity index (χ2n) is 6.94. The van der Waals surface area contributed by atoms with Crippen molar-refractivity contribution in [3.63, 3.8) is 0 Å². The number of rotatable bonds is 5. The smallest absolute Gasteiger partial charge is 0.254 e. The third-order valence-electron chi connectivity index (χ3n) is 4.92. The number of halogens is 1. The molecule has 3 aromatic rings. The van der Waals surface area contributed by atoms with Gasteiger partial charge in [-0.3, -0.25) is 9.59 Å². The Morgan fingerprint density at radius 2 is 1.86 bits per heavy atom. The Kier molecular flexibility index (Phi) is 5.67. The molecule has 7 heteroatoms. The summed E-state index contributed by atoms with van der Waals surface area (Å²) in [7, 11) is 0. The lowest BCUT2D eigenvalue weighted by Gasteiger charge is -2.16. The average Bonchev–Trinajstić information content (AvgIpc) is 3.20. The van der Waals surface area contributed by atoms with Gasteiger partial charge in [0.1, 0.15) is 5.82 Å². The summed E-state index contributed by atoms with van der Waals surface area (Å²) in [5.74, 6) is -1.67. The zero-order valence-electron chi connectivity index (χ0n) is 15.7. The molecule has 5 nitrogen and oxygen atoms in total. The van der Waals surface area contributed by atoms with E-state index < -0.39 is 17.6 Å². The van der Waals surface area contributed by atoms with Crippen molar-refractivity contribution in [3.8, 4) is 11.3 Å². The molecular formula is C22H20FN3O2S. The minimum Gasteiger partial charge on any atom is -0.343 e. The highest BCUT2D eigenvalue weighted by atomic mass is 32.1. The molecule has 1 aliphatic rings. The number of aromatic nitrogens is 1. The van der Waals surface area contributed by atoms with E-state index in [1.54, 1.807) is 6.07 Å². The normalized spacial score (nSPS) is 12.9. The molecule has 2 aromatic carbocycles. The Bertz CT molecular complexity index is 1060. The number of aryl methyl sites for hydroxylation is 2. The summed E-state index contributed by atoms with van der Waals surface area (Å²) in [6.07, 6.45) is 4.69. The van der Waals surface area contributed by atoms with Crippen LogP contribution in [-0.2, 0) is 17.6 Å². The maximum atomic E-state index is 13.6. The summed E-state index contributed by atoms with van der Waals surface area (Å²) in [5.41, 5.74) is 4.55. The van der Waals surface area contributed by atoms with Gasteiger partial charge in [0, 0.05) is 10.9 Å². The van der Waals surface area contributed by atoms with Gasteiger partial charge in [0.25, 0.3) is 5.91 Å². The minimum atomic E-state index is -0.632. The first-order valence-electron chi connectivity index (χ1n) is 9.50. The number of amides is 2.